The van der Waals surface area contributed by atoms with Gasteiger partial charge >= 0.3 is 0 Å². The number of hydrogen-bond acceptors (Lipinski definition) is 2. The molecule has 0 aliphatic carbocycles. The molecule has 0 spiro atoms. The topological polar surface area (TPSA) is 23.8 Å². The summed E-state index contributed by atoms with van der Waals surface area (Å²) in [5.41, 5.74) is 0.342. The Kier molecular flexibility index (Phi) is 4.02. The minimum Gasteiger partial charge on any atom is -0.206 e. The Morgan fingerprint density at radius 1 is 1.12 bits per heavy atom. The van der Waals surface area contributed by atoms with Crippen LogP contribution in [0, 0.1) is 20.7 Å². The van der Waals surface area contributed by atoms with Crippen LogP contribution in [0.5, 0.6) is 0 Å². The monoisotopic (exact) mass is 355 g/mol. The third kappa shape index (κ3) is 3.20. The van der Waals surface area contributed by atoms with Gasteiger partial charge in [-0.05, 0) is 65.1 Å². The summed E-state index contributed by atoms with van der Waals surface area (Å²) < 4.78 is 14.8. The molecule has 0 unspecified atom stereocenters. The lowest BCUT2D eigenvalue weighted by Gasteiger charge is -2.03. The molecular weight excluding hydrogens is 348 g/mol. The molecule has 0 fully saturated rings. The Balaban J connectivity index is 2.25. The van der Waals surface area contributed by atoms with Crippen LogP contribution in [-0.2, 0) is 0 Å². The van der Waals surface area contributed by atoms with E-state index in [1.54, 1.807) is 12.1 Å². The van der Waals surface area contributed by atoms with Crippen molar-refractivity contribution in [3.8, 4) is 6.07 Å². The van der Waals surface area contributed by atoms with Crippen molar-refractivity contribution in [2.75, 3.05) is 0 Å². The van der Waals surface area contributed by atoms with Crippen molar-refractivity contribution in [2.24, 2.45) is 0 Å². The van der Waals surface area contributed by atoms with Gasteiger partial charge in [-0.15, -0.1) is 0 Å². The molecule has 1 nitrogen and oxygen atoms in total. The van der Waals surface area contributed by atoms with Gasteiger partial charge in [0, 0.05) is 13.4 Å². The van der Waals surface area contributed by atoms with Crippen molar-refractivity contribution in [3.63, 3.8) is 0 Å². The van der Waals surface area contributed by atoms with E-state index in [0.29, 0.717) is 10.5 Å². The maximum absolute atomic E-state index is 13.6. The summed E-state index contributed by atoms with van der Waals surface area (Å²) in [7, 11) is 0. The van der Waals surface area contributed by atoms with Crippen molar-refractivity contribution in [3.05, 3.63) is 57.4 Å². The third-order valence-corrected chi connectivity index (χ3v) is 3.88. The Morgan fingerprint density at radius 2 is 1.82 bits per heavy atom. The first-order chi connectivity index (χ1) is 8.19. The second-order valence-electron chi connectivity index (χ2n) is 3.31. The highest BCUT2D eigenvalue weighted by Crippen LogP contribution is 2.30. The zero-order valence-corrected chi connectivity index (χ0v) is 11.6. The molecule has 0 atom stereocenters. The molecule has 0 amide bonds. The molecule has 84 valence electrons. The molecule has 0 N–H and O–H groups in total. The van der Waals surface area contributed by atoms with Crippen LogP contribution in [0.2, 0.25) is 0 Å². The highest BCUT2D eigenvalue weighted by molar-refractivity contribution is 14.1. The first-order valence-corrected chi connectivity index (χ1v) is 6.71. The van der Waals surface area contributed by atoms with Gasteiger partial charge in [0.15, 0.2) is 0 Å². The fraction of sp³-hybridized carbons (Fsp3) is 0. The number of nitrogens with zero attached hydrogens (tertiary/aromatic N) is 1. The number of hydrogen-bond donors (Lipinski definition) is 0. The molecule has 2 rings (SSSR count). The van der Waals surface area contributed by atoms with Crippen LogP contribution in [-0.4, -0.2) is 0 Å². The summed E-state index contributed by atoms with van der Waals surface area (Å²) in [5, 5.41) is 8.65. The van der Waals surface area contributed by atoms with Crippen LogP contribution in [0.15, 0.2) is 52.3 Å². The highest BCUT2D eigenvalue weighted by atomic mass is 127. The van der Waals surface area contributed by atoms with E-state index < -0.39 is 0 Å². The van der Waals surface area contributed by atoms with E-state index in [1.165, 1.54) is 17.8 Å². The van der Waals surface area contributed by atoms with Gasteiger partial charge in [-0.3, -0.25) is 0 Å². The van der Waals surface area contributed by atoms with Crippen molar-refractivity contribution in [1.29, 1.82) is 5.26 Å². The first kappa shape index (κ1) is 12.4. The zero-order chi connectivity index (χ0) is 12.3. The predicted octanol–water partition coefficient (Wildman–Crippen LogP) is 4.45. The lowest BCUT2D eigenvalue weighted by atomic mass is 10.2. The van der Waals surface area contributed by atoms with Crippen LogP contribution in [0.25, 0.3) is 0 Å². The molecule has 0 aliphatic heterocycles. The lowest BCUT2D eigenvalue weighted by Crippen LogP contribution is -1.83. The Labute approximate surface area is 117 Å². The van der Waals surface area contributed by atoms with E-state index in [9.17, 15) is 4.39 Å². The summed E-state index contributed by atoms with van der Waals surface area (Å²) in [6, 6.07) is 14.3. The fourth-order valence-corrected chi connectivity index (χ4v) is 2.46. The largest absolute Gasteiger partial charge is 0.206 e. The minimum atomic E-state index is -0.354. The van der Waals surface area contributed by atoms with Crippen molar-refractivity contribution in [1.82, 2.24) is 0 Å². The number of benzene rings is 2. The van der Waals surface area contributed by atoms with E-state index in [4.69, 9.17) is 5.26 Å². The van der Waals surface area contributed by atoms with Crippen LogP contribution >= 0.6 is 34.4 Å². The Hall–Kier alpha value is -1.06. The van der Waals surface area contributed by atoms with Crippen molar-refractivity contribution >= 4 is 34.4 Å². The number of rotatable bonds is 2. The second-order valence-corrected chi connectivity index (χ2v) is 5.67. The maximum Gasteiger partial charge on any atom is 0.138 e. The van der Waals surface area contributed by atoms with E-state index in [2.05, 4.69) is 22.6 Å². The molecule has 0 aromatic heterocycles. The van der Waals surface area contributed by atoms with Crippen LogP contribution < -0.4 is 0 Å². The van der Waals surface area contributed by atoms with Crippen molar-refractivity contribution in [2.45, 2.75) is 9.79 Å². The van der Waals surface area contributed by atoms with Gasteiger partial charge < -0.3 is 0 Å². The standard InChI is InChI=1S/C13H7FINS/c14-12-7-9(8-16)1-6-13(12)17-11-4-2-10(15)3-5-11/h1-7H. The number of nitriles is 1. The second kappa shape index (κ2) is 5.52. The summed E-state index contributed by atoms with van der Waals surface area (Å²) in [6.45, 7) is 0. The zero-order valence-electron chi connectivity index (χ0n) is 8.65. The molecule has 0 heterocycles. The summed E-state index contributed by atoms with van der Waals surface area (Å²) in [5.74, 6) is -0.354. The fourth-order valence-electron chi connectivity index (χ4n) is 1.28. The van der Waals surface area contributed by atoms with E-state index in [-0.39, 0.29) is 5.82 Å². The summed E-state index contributed by atoms with van der Waals surface area (Å²) >= 11 is 3.58. The average molecular weight is 355 g/mol. The smallest absolute Gasteiger partial charge is 0.138 e. The SMILES string of the molecule is N#Cc1ccc(Sc2ccc(I)cc2)c(F)c1. The first-order valence-electron chi connectivity index (χ1n) is 4.82. The molecule has 4 heteroatoms. The predicted molar refractivity (Wildman–Crippen MR) is 74.4 cm³/mol. The molecule has 0 aliphatic rings. The Morgan fingerprint density at radius 3 is 2.41 bits per heavy atom. The molecular formula is C13H7FINS. The van der Waals surface area contributed by atoms with Gasteiger partial charge in [0.05, 0.1) is 11.6 Å². The quantitative estimate of drug-likeness (QED) is 0.743. The lowest BCUT2D eigenvalue weighted by molar-refractivity contribution is 0.601. The average Bonchev–Trinajstić information content (AvgIpc) is 2.34. The van der Waals surface area contributed by atoms with Gasteiger partial charge in [-0.1, -0.05) is 11.8 Å². The summed E-state index contributed by atoms with van der Waals surface area (Å²) in [4.78, 5) is 1.51. The Bertz CT molecular complexity index is 575. The van der Waals surface area contributed by atoms with Gasteiger partial charge in [-0.25, -0.2) is 4.39 Å². The van der Waals surface area contributed by atoms with Crippen LogP contribution in [0.1, 0.15) is 5.56 Å². The number of halogens is 2. The third-order valence-electron chi connectivity index (χ3n) is 2.10. The van der Waals surface area contributed by atoms with Crippen LogP contribution in [0.4, 0.5) is 4.39 Å². The van der Waals surface area contributed by atoms with Gasteiger partial charge in [-0.2, -0.15) is 5.26 Å². The normalized spacial score (nSPS) is 9.94. The molecule has 0 radical (unpaired) electrons. The molecule has 0 saturated heterocycles. The molecule has 0 bridgehead atoms. The molecule has 2 aromatic carbocycles. The van der Waals surface area contributed by atoms with Gasteiger partial charge in [0.2, 0.25) is 0 Å². The van der Waals surface area contributed by atoms with Crippen LogP contribution in [0.3, 0.4) is 0 Å². The summed E-state index contributed by atoms with van der Waals surface area (Å²) in [6.07, 6.45) is 0. The highest BCUT2D eigenvalue weighted by Gasteiger charge is 2.05. The van der Waals surface area contributed by atoms with E-state index in [0.717, 1.165) is 8.47 Å². The maximum atomic E-state index is 13.6. The van der Waals surface area contributed by atoms with E-state index in [1.807, 2.05) is 30.3 Å². The minimum absolute atomic E-state index is 0.342. The molecule has 0 saturated carbocycles. The van der Waals surface area contributed by atoms with E-state index >= 15 is 0 Å². The van der Waals surface area contributed by atoms with Crippen molar-refractivity contribution < 1.29 is 4.39 Å². The molecule has 17 heavy (non-hydrogen) atoms. The molecule has 2 aromatic rings. The van der Waals surface area contributed by atoms with Gasteiger partial charge in [0.25, 0.3) is 0 Å². The van der Waals surface area contributed by atoms with Gasteiger partial charge in [0.1, 0.15) is 5.82 Å².